The van der Waals surface area contributed by atoms with Gasteiger partial charge in [0.15, 0.2) is 0 Å². The van der Waals surface area contributed by atoms with Crippen molar-refractivity contribution in [2.75, 3.05) is 13.2 Å². The summed E-state index contributed by atoms with van der Waals surface area (Å²) in [6.07, 6.45) is -3.94. The molecule has 0 aliphatic heterocycles. The normalized spacial score (nSPS) is 14.0. The molecule has 1 rings (SSSR count). The maximum atomic E-state index is 11.8. The van der Waals surface area contributed by atoms with Gasteiger partial charge in [0, 0.05) is 16.0 Å². The third-order valence-corrected chi connectivity index (χ3v) is 5.71. The third kappa shape index (κ3) is 5.92. The van der Waals surface area contributed by atoms with Crippen LogP contribution in [0.2, 0.25) is 0 Å². The number of halogens is 6. The molecule has 0 aliphatic carbocycles. The highest BCUT2D eigenvalue weighted by Crippen LogP contribution is 2.38. The van der Waals surface area contributed by atoms with E-state index in [2.05, 4.69) is 36.6 Å². The Hall–Kier alpha value is 0.700. The van der Waals surface area contributed by atoms with Gasteiger partial charge in [-0.3, -0.25) is 0 Å². The zero-order chi connectivity index (χ0) is 13.1. The molecule has 1 unspecified atom stereocenters. The lowest BCUT2D eigenvalue weighted by Gasteiger charge is -2.09. The van der Waals surface area contributed by atoms with Gasteiger partial charge in [-0.2, -0.15) is 13.2 Å². The van der Waals surface area contributed by atoms with Crippen molar-refractivity contribution in [3.05, 3.63) is 19.2 Å². The van der Waals surface area contributed by atoms with Crippen molar-refractivity contribution in [2.24, 2.45) is 0 Å². The Bertz CT molecular complexity index is 350. The van der Waals surface area contributed by atoms with Crippen LogP contribution in [0.15, 0.2) is 14.3 Å². The second-order valence-corrected chi connectivity index (χ2v) is 6.98. The molecule has 17 heavy (non-hydrogen) atoms. The van der Waals surface area contributed by atoms with E-state index >= 15 is 0 Å². The molecule has 98 valence electrons. The lowest BCUT2D eigenvalue weighted by atomic mass is 10.3. The standard InChI is InChI=1S/C9H8Br2ClF3OS/c10-5-3-7(17-8(5)11)6(12)1-2-16-4-9(13,14)15/h3,6H,1-2,4H2. The molecule has 1 atom stereocenters. The van der Waals surface area contributed by atoms with Gasteiger partial charge < -0.3 is 4.74 Å². The van der Waals surface area contributed by atoms with Gasteiger partial charge in [0.05, 0.1) is 9.16 Å². The lowest BCUT2D eigenvalue weighted by Crippen LogP contribution is -2.17. The molecule has 0 amide bonds. The van der Waals surface area contributed by atoms with E-state index in [0.717, 1.165) is 13.1 Å². The molecule has 0 fully saturated rings. The molecule has 1 heterocycles. The molecule has 0 radical (unpaired) electrons. The van der Waals surface area contributed by atoms with Gasteiger partial charge >= 0.3 is 6.18 Å². The molecule has 0 spiro atoms. The van der Waals surface area contributed by atoms with Crippen LogP contribution in [0.1, 0.15) is 16.7 Å². The lowest BCUT2D eigenvalue weighted by molar-refractivity contribution is -0.174. The fraction of sp³-hybridized carbons (Fsp3) is 0.556. The van der Waals surface area contributed by atoms with Gasteiger partial charge in [-0.1, -0.05) is 0 Å². The van der Waals surface area contributed by atoms with Gasteiger partial charge in [0.2, 0.25) is 0 Å². The topological polar surface area (TPSA) is 9.23 Å². The van der Waals surface area contributed by atoms with E-state index in [9.17, 15) is 13.2 Å². The SMILES string of the molecule is FC(F)(F)COCCC(Cl)c1cc(Br)c(Br)s1. The number of thiophene rings is 1. The Labute approximate surface area is 123 Å². The van der Waals surface area contributed by atoms with Gasteiger partial charge in [-0.05, 0) is 44.3 Å². The largest absolute Gasteiger partial charge is 0.411 e. The van der Waals surface area contributed by atoms with Gasteiger partial charge in [-0.15, -0.1) is 22.9 Å². The molecule has 0 saturated heterocycles. The fourth-order valence-electron chi connectivity index (χ4n) is 1.03. The van der Waals surface area contributed by atoms with E-state index in [4.69, 9.17) is 11.6 Å². The first-order valence-electron chi connectivity index (χ1n) is 4.53. The highest BCUT2D eigenvalue weighted by molar-refractivity contribution is 9.13. The van der Waals surface area contributed by atoms with E-state index in [1.807, 2.05) is 6.07 Å². The molecule has 0 saturated carbocycles. The third-order valence-electron chi connectivity index (χ3n) is 1.75. The van der Waals surface area contributed by atoms with Crippen LogP contribution < -0.4 is 0 Å². The Balaban J connectivity index is 2.33. The fourth-order valence-corrected chi connectivity index (χ4v) is 3.42. The Morgan fingerprint density at radius 3 is 2.53 bits per heavy atom. The predicted molar refractivity (Wildman–Crippen MR) is 69.8 cm³/mol. The van der Waals surface area contributed by atoms with Crippen molar-refractivity contribution >= 4 is 54.8 Å². The van der Waals surface area contributed by atoms with Crippen LogP contribution >= 0.6 is 54.8 Å². The van der Waals surface area contributed by atoms with Crippen LogP contribution in [-0.2, 0) is 4.74 Å². The maximum absolute atomic E-state index is 11.8. The Morgan fingerprint density at radius 2 is 2.06 bits per heavy atom. The minimum atomic E-state index is -4.28. The van der Waals surface area contributed by atoms with Crippen LogP contribution in [0.4, 0.5) is 13.2 Å². The minimum Gasteiger partial charge on any atom is -0.372 e. The summed E-state index contributed by atoms with van der Waals surface area (Å²) in [6.45, 7) is -1.24. The monoisotopic (exact) mass is 414 g/mol. The first-order chi connectivity index (χ1) is 7.79. The zero-order valence-corrected chi connectivity index (χ0v) is 13.1. The van der Waals surface area contributed by atoms with Gasteiger partial charge in [-0.25, -0.2) is 0 Å². The van der Waals surface area contributed by atoms with Crippen molar-refractivity contribution in [2.45, 2.75) is 18.0 Å². The molecular weight excluding hydrogens is 408 g/mol. The molecule has 0 bridgehead atoms. The highest BCUT2D eigenvalue weighted by Gasteiger charge is 2.27. The van der Waals surface area contributed by atoms with Crippen LogP contribution in [0.25, 0.3) is 0 Å². The van der Waals surface area contributed by atoms with E-state index in [0.29, 0.717) is 6.42 Å². The molecule has 0 aliphatic rings. The minimum absolute atomic E-state index is 0.0131. The van der Waals surface area contributed by atoms with E-state index in [1.165, 1.54) is 11.3 Å². The Morgan fingerprint density at radius 1 is 1.41 bits per heavy atom. The summed E-state index contributed by atoms with van der Waals surface area (Å²) in [6, 6.07) is 1.84. The number of rotatable bonds is 5. The average molecular weight is 416 g/mol. The smallest absolute Gasteiger partial charge is 0.372 e. The van der Waals surface area contributed by atoms with Gasteiger partial charge in [0.25, 0.3) is 0 Å². The van der Waals surface area contributed by atoms with E-state index in [1.54, 1.807) is 0 Å². The summed E-state index contributed by atoms with van der Waals surface area (Å²) in [5, 5.41) is -0.337. The predicted octanol–water partition coefficient (Wildman–Crippen LogP) is 5.52. The number of ether oxygens (including phenoxy) is 1. The Kier molecular flexibility index (Phi) is 6.25. The number of alkyl halides is 4. The van der Waals surface area contributed by atoms with E-state index in [-0.39, 0.29) is 12.0 Å². The molecule has 0 N–H and O–H groups in total. The average Bonchev–Trinajstić information content (AvgIpc) is 2.52. The first kappa shape index (κ1) is 15.8. The molecule has 0 aromatic carbocycles. The second kappa shape index (κ2) is 6.75. The second-order valence-electron chi connectivity index (χ2n) is 3.19. The summed E-state index contributed by atoms with van der Waals surface area (Å²) >= 11 is 14.1. The van der Waals surface area contributed by atoms with Crippen molar-refractivity contribution in [3.63, 3.8) is 0 Å². The van der Waals surface area contributed by atoms with Crippen LogP contribution in [0.3, 0.4) is 0 Å². The molecule has 1 nitrogen and oxygen atoms in total. The molecule has 1 aromatic rings. The maximum Gasteiger partial charge on any atom is 0.411 e. The summed E-state index contributed by atoms with van der Waals surface area (Å²) in [5.74, 6) is 0. The highest BCUT2D eigenvalue weighted by atomic mass is 79.9. The van der Waals surface area contributed by atoms with Gasteiger partial charge in [0.1, 0.15) is 6.61 Å². The quantitative estimate of drug-likeness (QED) is 0.454. The first-order valence-corrected chi connectivity index (χ1v) is 7.37. The number of hydrogen-bond donors (Lipinski definition) is 0. The molecule has 8 heteroatoms. The van der Waals surface area contributed by atoms with Crippen LogP contribution in [0.5, 0.6) is 0 Å². The van der Waals surface area contributed by atoms with E-state index < -0.39 is 12.8 Å². The summed E-state index contributed by atoms with van der Waals surface area (Å²) in [4.78, 5) is 0.890. The molecular formula is C9H8Br2ClF3OS. The molecule has 1 aromatic heterocycles. The van der Waals surface area contributed by atoms with Crippen molar-refractivity contribution < 1.29 is 17.9 Å². The summed E-state index contributed by atoms with van der Waals surface area (Å²) < 4.78 is 41.7. The van der Waals surface area contributed by atoms with Crippen molar-refractivity contribution in [3.8, 4) is 0 Å². The van der Waals surface area contributed by atoms with Crippen molar-refractivity contribution in [1.82, 2.24) is 0 Å². The van der Waals surface area contributed by atoms with Crippen LogP contribution in [-0.4, -0.2) is 19.4 Å². The summed E-state index contributed by atoms with van der Waals surface area (Å²) in [7, 11) is 0. The summed E-state index contributed by atoms with van der Waals surface area (Å²) in [5.41, 5.74) is 0. The van der Waals surface area contributed by atoms with Crippen molar-refractivity contribution in [1.29, 1.82) is 0 Å². The number of hydrogen-bond acceptors (Lipinski definition) is 2. The van der Waals surface area contributed by atoms with Crippen LogP contribution in [0, 0.1) is 0 Å². The zero-order valence-electron chi connectivity index (χ0n) is 8.36.